The molecule has 1 fully saturated rings. The first-order chi connectivity index (χ1) is 9.88. The average Bonchev–Trinajstić information content (AvgIpc) is 2.97. The normalized spacial score (nSPS) is 17.9. The fourth-order valence-electron chi connectivity index (χ4n) is 2.75. The predicted octanol–water partition coefficient (Wildman–Crippen LogP) is 1.33. The number of aromatic nitrogens is 2. The van der Waals surface area contributed by atoms with Gasteiger partial charge in [0.2, 0.25) is 11.8 Å². The molecule has 108 valence electrons. The molecule has 2 aliphatic rings. The zero-order valence-electron chi connectivity index (χ0n) is 11.9. The molecule has 0 spiro atoms. The molecule has 1 aliphatic heterocycles. The molecule has 0 unspecified atom stereocenters. The summed E-state index contributed by atoms with van der Waals surface area (Å²) in [5.74, 6) is 1.63. The molecular weight excluding hydrogens is 252 g/mol. The number of nitrogens with zero attached hydrogens (tertiary/aromatic N) is 3. The Morgan fingerprint density at radius 1 is 1.25 bits per heavy atom. The Bertz CT molecular complexity index is 483. The van der Waals surface area contributed by atoms with E-state index >= 15 is 0 Å². The Balaban J connectivity index is 1.83. The van der Waals surface area contributed by atoms with Crippen LogP contribution >= 0.6 is 0 Å². The SMILES string of the molecule is C=CCCOc1nc(N2CCNCC2)nc2c1CCC2. The number of fused-ring (bicyclic) bond motifs is 1. The van der Waals surface area contributed by atoms with Crippen LogP contribution in [0.15, 0.2) is 12.7 Å². The summed E-state index contributed by atoms with van der Waals surface area (Å²) in [6, 6.07) is 0. The summed E-state index contributed by atoms with van der Waals surface area (Å²) >= 11 is 0. The Hall–Kier alpha value is -1.62. The summed E-state index contributed by atoms with van der Waals surface area (Å²) in [5.41, 5.74) is 2.40. The van der Waals surface area contributed by atoms with Gasteiger partial charge >= 0.3 is 0 Å². The summed E-state index contributed by atoms with van der Waals surface area (Å²) in [7, 11) is 0. The van der Waals surface area contributed by atoms with Gasteiger partial charge in [-0.3, -0.25) is 0 Å². The van der Waals surface area contributed by atoms with Crippen molar-refractivity contribution in [2.24, 2.45) is 0 Å². The van der Waals surface area contributed by atoms with Crippen LogP contribution in [0.5, 0.6) is 5.88 Å². The minimum atomic E-state index is 0.647. The van der Waals surface area contributed by atoms with Crippen LogP contribution in [0.2, 0.25) is 0 Å². The third-order valence-electron chi connectivity index (χ3n) is 3.84. The van der Waals surface area contributed by atoms with Crippen LogP contribution in [0.25, 0.3) is 0 Å². The number of hydrogen-bond donors (Lipinski definition) is 1. The Kier molecular flexibility index (Phi) is 4.16. The number of nitrogens with one attached hydrogen (secondary N) is 1. The number of ether oxygens (including phenoxy) is 1. The molecule has 0 atom stereocenters. The van der Waals surface area contributed by atoms with Gasteiger partial charge in [-0.1, -0.05) is 6.08 Å². The molecule has 2 heterocycles. The van der Waals surface area contributed by atoms with E-state index in [2.05, 4.69) is 21.8 Å². The van der Waals surface area contributed by atoms with Crippen LogP contribution in [0, 0.1) is 0 Å². The zero-order valence-corrected chi connectivity index (χ0v) is 11.9. The number of aryl methyl sites for hydroxylation is 1. The van der Waals surface area contributed by atoms with Crippen molar-refractivity contribution in [2.45, 2.75) is 25.7 Å². The summed E-state index contributed by atoms with van der Waals surface area (Å²) in [6.45, 7) is 8.29. The number of hydrogen-bond acceptors (Lipinski definition) is 5. The van der Waals surface area contributed by atoms with Crippen molar-refractivity contribution in [2.75, 3.05) is 37.7 Å². The third kappa shape index (κ3) is 2.77. The van der Waals surface area contributed by atoms with Crippen LogP contribution < -0.4 is 15.0 Å². The predicted molar refractivity (Wildman–Crippen MR) is 79.4 cm³/mol. The maximum atomic E-state index is 5.86. The highest BCUT2D eigenvalue weighted by Crippen LogP contribution is 2.30. The standard InChI is InChI=1S/C15H22N4O/c1-2-3-11-20-14-12-5-4-6-13(12)17-15(18-14)19-9-7-16-8-10-19/h2,16H,1,3-11H2. The van der Waals surface area contributed by atoms with Crippen molar-refractivity contribution < 1.29 is 4.74 Å². The average molecular weight is 274 g/mol. The lowest BCUT2D eigenvalue weighted by Crippen LogP contribution is -2.44. The lowest BCUT2D eigenvalue weighted by Gasteiger charge is -2.28. The number of anilines is 1. The van der Waals surface area contributed by atoms with Crippen LogP contribution in [0.1, 0.15) is 24.1 Å². The quantitative estimate of drug-likeness (QED) is 0.648. The molecule has 0 bridgehead atoms. The van der Waals surface area contributed by atoms with Gasteiger partial charge in [-0.25, -0.2) is 4.98 Å². The van der Waals surface area contributed by atoms with E-state index in [9.17, 15) is 0 Å². The molecule has 1 N–H and O–H groups in total. The van der Waals surface area contributed by atoms with Crippen molar-refractivity contribution in [3.05, 3.63) is 23.9 Å². The van der Waals surface area contributed by atoms with E-state index < -0.39 is 0 Å². The van der Waals surface area contributed by atoms with Crippen molar-refractivity contribution in [1.29, 1.82) is 0 Å². The van der Waals surface area contributed by atoms with Gasteiger partial charge in [0.05, 0.1) is 12.3 Å². The topological polar surface area (TPSA) is 50.3 Å². The first-order valence-corrected chi connectivity index (χ1v) is 7.47. The van der Waals surface area contributed by atoms with E-state index in [1.807, 2.05) is 6.08 Å². The lowest BCUT2D eigenvalue weighted by atomic mass is 10.2. The second-order valence-corrected chi connectivity index (χ2v) is 5.27. The monoisotopic (exact) mass is 274 g/mol. The van der Waals surface area contributed by atoms with Gasteiger partial charge in [-0.15, -0.1) is 6.58 Å². The smallest absolute Gasteiger partial charge is 0.228 e. The van der Waals surface area contributed by atoms with E-state index in [4.69, 9.17) is 9.72 Å². The van der Waals surface area contributed by atoms with Crippen LogP contribution in [0.3, 0.4) is 0 Å². The second kappa shape index (κ2) is 6.22. The molecule has 1 aromatic heterocycles. The third-order valence-corrected chi connectivity index (χ3v) is 3.84. The summed E-state index contributed by atoms with van der Waals surface area (Å²) in [5, 5.41) is 3.35. The van der Waals surface area contributed by atoms with Crippen molar-refractivity contribution >= 4 is 5.95 Å². The maximum absolute atomic E-state index is 5.86. The van der Waals surface area contributed by atoms with Crippen molar-refractivity contribution in [3.63, 3.8) is 0 Å². The summed E-state index contributed by atoms with van der Waals surface area (Å²) < 4.78 is 5.86. The molecule has 0 amide bonds. The Labute approximate surface area is 120 Å². The van der Waals surface area contributed by atoms with E-state index in [0.717, 1.165) is 63.7 Å². The first-order valence-electron chi connectivity index (χ1n) is 7.47. The fraction of sp³-hybridized carbons (Fsp3) is 0.600. The molecule has 3 rings (SSSR count). The largest absolute Gasteiger partial charge is 0.477 e. The maximum Gasteiger partial charge on any atom is 0.228 e. The van der Waals surface area contributed by atoms with Gasteiger partial charge in [0, 0.05) is 31.7 Å². The van der Waals surface area contributed by atoms with Gasteiger partial charge < -0.3 is 15.0 Å². The molecule has 5 heteroatoms. The number of piperazine rings is 1. The minimum absolute atomic E-state index is 0.647. The van der Waals surface area contributed by atoms with Crippen LogP contribution in [-0.2, 0) is 12.8 Å². The van der Waals surface area contributed by atoms with Gasteiger partial charge in [-0.2, -0.15) is 4.98 Å². The van der Waals surface area contributed by atoms with Gasteiger partial charge in [0.25, 0.3) is 0 Å². The zero-order chi connectivity index (χ0) is 13.8. The van der Waals surface area contributed by atoms with Crippen molar-refractivity contribution in [1.82, 2.24) is 15.3 Å². The van der Waals surface area contributed by atoms with E-state index in [1.165, 1.54) is 11.3 Å². The Morgan fingerprint density at radius 2 is 2.10 bits per heavy atom. The highest BCUT2D eigenvalue weighted by atomic mass is 16.5. The van der Waals surface area contributed by atoms with Crippen LogP contribution in [-0.4, -0.2) is 42.8 Å². The van der Waals surface area contributed by atoms with E-state index in [1.54, 1.807) is 0 Å². The summed E-state index contributed by atoms with van der Waals surface area (Å²) in [6.07, 6.45) is 5.97. The molecule has 1 saturated heterocycles. The van der Waals surface area contributed by atoms with Gasteiger partial charge in [-0.05, 0) is 25.7 Å². The lowest BCUT2D eigenvalue weighted by molar-refractivity contribution is 0.308. The first kappa shape index (κ1) is 13.4. The van der Waals surface area contributed by atoms with Gasteiger partial charge in [0.1, 0.15) is 0 Å². The Morgan fingerprint density at radius 3 is 2.90 bits per heavy atom. The second-order valence-electron chi connectivity index (χ2n) is 5.27. The van der Waals surface area contributed by atoms with Crippen molar-refractivity contribution in [3.8, 4) is 5.88 Å². The highest BCUT2D eigenvalue weighted by molar-refractivity contribution is 5.42. The molecule has 0 aromatic carbocycles. The van der Waals surface area contributed by atoms with E-state index in [0.29, 0.717) is 6.61 Å². The molecule has 1 aliphatic carbocycles. The molecule has 20 heavy (non-hydrogen) atoms. The molecule has 0 saturated carbocycles. The number of rotatable bonds is 5. The molecule has 5 nitrogen and oxygen atoms in total. The minimum Gasteiger partial charge on any atom is -0.477 e. The van der Waals surface area contributed by atoms with Crippen LogP contribution in [0.4, 0.5) is 5.95 Å². The molecular formula is C15H22N4O. The highest BCUT2D eigenvalue weighted by Gasteiger charge is 2.23. The van der Waals surface area contributed by atoms with Gasteiger partial charge in [0.15, 0.2) is 0 Å². The van der Waals surface area contributed by atoms with E-state index in [-0.39, 0.29) is 0 Å². The summed E-state index contributed by atoms with van der Waals surface area (Å²) in [4.78, 5) is 11.7. The fourth-order valence-corrected chi connectivity index (χ4v) is 2.75. The molecule has 0 radical (unpaired) electrons. The molecule has 1 aromatic rings.